The Hall–Kier alpha value is -1.37. The second-order valence-corrected chi connectivity index (χ2v) is 3.61. The van der Waals surface area contributed by atoms with Crippen molar-refractivity contribution < 1.29 is 27.4 Å². The third-order valence-electron chi connectivity index (χ3n) is 1.83. The summed E-state index contributed by atoms with van der Waals surface area (Å²) in [7, 11) is 1.15. The molecule has 0 amide bonds. The normalized spacial score (nSPS) is 11.1. The lowest BCUT2D eigenvalue weighted by Gasteiger charge is -2.13. The SMILES string of the molecule is COC(=O)Cc1cc(S)ccc1OC(F)(F)F. The lowest BCUT2D eigenvalue weighted by molar-refractivity contribution is -0.275. The number of ether oxygens (including phenoxy) is 2. The molecule has 0 atom stereocenters. The highest BCUT2D eigenvalue weighted by molar-refractivity contribution is 7.80. The van der Waals surface area contributed by atoms with E-state index in [1.54, 1.807) is 0 Å². The zero-order valence-electron chi connectivity index (χ0n) is 8.75. The summed E-state index contributed by atoms with van der Waals surface area (Å²) in [6.07, 6.45) is -5.11. The molecule has 0 aromatic heterocycles. The van der Waals surface area contributed by atoms with Gasteiger partial charge < -0.3 is 9.47 Å². The fourth-order valence-electron chi connectivity index (χ4n) is 1.16. The van der Waals surface area contributed by atoms with Crippen molar-refractivity contribution in [1.82, 2.24) is 0 Å². The van der Waals surface area contributed by atoms with Crippen LogP contribution in [-0.2, 0) is 16.0 Å². The van der Waals surface area contributed by atoms with Crippen LogP contribution in [0, 0.1) is 0 Å². The minimum absolute atomic E-state index is 0.0710. The first-order valence-electron chi connectivity index (χ1n) is 4.46. The Labute approximate surface area is 101 Å². The van der Waals surface area contributed by atoms with Gasteiger partial charge in [0.15, 0.2) is 0 Å². The molecule has 0 aliphatic rings. The number of hydrogen-bond donors (Lipinski definition) is 1. The maximum absolute atomic E-state index is 12.1. The number of esters is 1. The maximum atomic E-state index is 12.1. The lowest BCUT2D eigenvalue weighted by atomic mass is 10.1. The zero-order valence-corrected chi connectivity index (χ0v) is 9.64. The van der Waals surface area contributed by atoms with E-state index in [0.717, 1.165) is 13.2 Å². The van der Waals surface area contributed by atoms with Gasteiger partial charge in [-0.25, -0.2) is 0 Å². The summed E-state index contributed by atoms with van der Waals surface area (Å²) in [5.41, 5.74) is 0.0710. The highest BCUT2D eigenvalue weighted by Crippen LogP contribution is 2.28. The molecular weight excluding hydrogens is 257 g/mol. The van der Waals surface area contributed by atoms with Gasteiger partial charge in [0, 0.05) is 10.5 Å². The third kappa shape index (κ3) is 4.56. The van der Waals surface area contributed by atoms with E-state index in [-0.39, 0.29) is 12.0 Å². The summed E-state index contributed by atoms with van der Waals surface area (Å²) in [5, 5.41) is 0. The summed E-state index contributed by atoms with van der Waals surface area (Å²) in [6.45, 7) is 0. The molecular formula is C10H9F3O3S. The van der Waals surface area contributed by atoms with E-state index in [1.807, 2.05) is 0 Å². The molecule has 1 aromatic carbocycles. The summed E-state index contributed by atoms with van der Waals surface area (Å²) >= 11 is 3.98. The first-order chi connectivity index (χ1) is 7.81. The molecule has 0 aliphatic carbocycles. The fraction of sp³-hybridized carbons (Fsp3) is 0.300. The minimum Gasteiger partial charge on any atom is -0.469 e. The summed E-state index contributed by atoms with van der Waals surface area (Å²) in [5.74, 6) is -1.09. The number of thiol groups is 1. The van der Waals surface area contributed by atoms with Gasteiger partial charge in [-0.3, -0.25) is 4.79 Å². The molecule has 0 fully saturated rings. The van der Waals surface area contributed by atoms with Crippen LogP contribution in [-0.4, -0.2) is 19.4 Å². The van der Waals surface area contributed by atoms with E-state index in [4.69, 9.17) is 0 Å². The molecule has 0 saturated heterocycles. The quantitative estimate of drug-likeness (QED) is 0.674. The van der Waals surface area contributed by atoms with Crippen molar-refractivity contribution in [2.75, 3.05) is 7.11 Å². The van der Waals surface area contributed by atoms with Crippen molar-refractivity contribution in [1.29, 1.82) is 0 Å². The van der Waals surface area contributed by atoms with Crippen LogP contribution in [0.2, 0.25) is 0 Å². The Morgan fingerprint density at radius 2 is 2.06 bits per heavy atom. The second kappa shape index (κ2) is 5.31. The molecule has 94 valence electrons. The number of rotatable bonds is 3. The topological polar surface area (TPSA) is 35.5 Å². The lowest BCUT2D eigenvalue weighted by Crippen LogP contribution is -2.19. The molecule has 0 radical (unpaired) electrons. The molecule has 7 heteroatoms. The van der Waals surface area contributed by atoms with Crippen LogP contribution < -0.4 is 4.74 Å². The molecule has 1 rings (SSSR count). The van der Waals surface area contributed by atoms with Crippen molar-refractivity contribution in [3.05, 3.63) is 23.8 Å². The zero-order chi connectivity index (χ0) is 13.1. The van der Waals surface area contributed by atoms with Gasteiger partial charge in [0.25, 0.3) is 0 Å². The molecule has 0 unspecified atom stereocenters. The van der Waals surface area contributed by atoms with Crippen molar-refractivity contribution in [3.63, 3.8) is 0 Å². The molecule has 0 aliphatic heterocycles. The van der Waals surface area contributed by atoms with Gasteiger partial charge in [0.05, 0.1) is 13.5 Å². The first-order valence-corrected chi connectivity index (χ1v) is 4.91. The Morgan fingerprint density at radius 3 is 2.59 bits per heavy atom. The molecule has 0 heterocycles. The Balaban J connectivity index is 2.99. The molecule has 0 spiro atoms. The standard InChI is InChI=1S/C10H9F3O3S/c1-15-9(14)5-6-4-7(17)2-3-8(6)16-10(11,12)13/h2-4,17H,5H2,1H3. The van der Waals surface area contributed by atoms with Gasteiger partial charge in [0.1, 0.15) is 5.75 Å². The molecule has 3 nitrogen and oxygen atoms in total. The van der Waals surface area contributed by atoms with Gasteiger partial charge in [0.2, 0.25) is 0 Å². The number of halogens is 3. The van der Waals surface area contributed by atoms with Crippen LogP contribution >= 0.6 is 12.6 Å². The smallest absolute Gasteiger partial charge is 0.469 e. The predicted octanol–water partition coefficient (Wildman–Crippen LogP) is 2.59. The monoisotopic (exact) mass is 266 g/mol. The maximum Gasteiger partial charge on any atom is 0.573 e. The first kappa shape index (κ1) is 13.7. The Kier molecular flexibility index (Phi) is 4.28. The largest absolute Gasteiger partial charge is 0.573 e. The van der Waals surface area contributed by atoms with Crippen LogP contribution in [0.1, 0.15) is 5.56 Å². The van der Waals surface area contributed by atoms with E-state index in [2.05, 4.69) is 22.1 Å². The molecule has 1 aromatic rings. The van der Waals surface area contributed by atoms with Crippen molar-refractivity contribution in [2.45, 2.75) is 17.7 Å². The number of methoxy groups -OCH3 is 1. The number of benzene rings is 1. The van der Waals surface area contributed by atoms with Crippen molar-refractivity contribution >= 4 is 18.6 Å². The van der Waals surface area contributed by atoms with E-state index in [9.17, 15) is 18.0 Å². The third-order valence-corrected chi connectivity index (χ3v) is 2.11. The number of hydrogen-bond acceptors (Lipinski definition) is 4. The average Bonchev–Trinajstić information content (AvgIpc) is 2.20. The van der Waals surface area contributed by atoms with Gasteiger partial charge in [-0.2, -0.15) is 0 Å². The van der Waals surface area contributed by atoms with Gasteiger partial charge in [-0.1, -0.05) is 0 Å². The van der Waals surface area contributed by atoms with E-state index < -0.39 is 18.1 Å². The molecule has 0 saturated carbocycles. The second-order valence-electron chi connectivity index (χ2n) is 3.09. The molecule has 0 bridgehead atoms. The highest BCUT2D eigenvalue weighted by Gasteiger charge is 2.32. The van der Waals surface area contributed by atoms with Crippen LogP contribution in [0.4, 0.5) is 13.2 Å². The van der Waals surface area contributed by atoms with E-state index >= 15 is 0 Å². The van der Waals surface area contributed by atoms with E-state index in [1.165, 1.54) is 12.1 Å². The van der Waals surface area contributed by atoms with Gasteiger partial charge >= 0.3 is 12.3 Å². The summed E-state index contributed by atoms with van der Waals surface area (Å²) in [4.78, 5) is 11.5. The van der Waals surface area contributed by atoms with Crippen LogP contribution in [0.3, 0.4) is 0 Å². The number of alkyl halides is 3. The predicted molar refractivity (Wildman–Crippen MR) is 56.1 cm³/mol. The van der Waals surface area contributed by atoms with Gasteiger partial charge in [-0.15, -0.1) is 25.8 Å². The summed E-state index contributed by atoms with van der Waals surface area (Å²) < 4.78 is 44.4. The number of carbonyl (C=O) groups excluding carboxylic acids is 1. The van der Waals surface area contributed by atoms with Crippen LogP contribution in [0.5, 0.6) is 5.75 Å². The Bertz CT molecular complexity index is 418. The summed E-state index contributed by atoms with van der Waals surface area (Å²) in [6, 6.07) is 3.76. The highest BCUT2D eigenvalue weighted by atomic mass is 32.1. The van der Waals surface area contributed by atoms with Gasteiger partial charge in [-0.05, 0) is 18.2 Å². The Morgan fingerprint density at radius 1 is 1.41 bits per heavy atom. The molecule has 0 N–H and O–H groups in total. The average molecular weight is 266 g/mol. The number of carbonyl (C=O) groups is 1. The van der Waals surface area contributed by atoms with Crippen molar-refractivity contribution in [3.8, 4) is 5.75 Å². The van der Waals surface area contributed by atoms with Crippen molar-refractivity contribution in [2.24, 2.45) is 0 Å². The van der Waals surface area contributed by atoms with Crippen LogP contribution in [0.15, 0.2) is 23.1 Å². The molecule has 17 heavy (non-hydrogen) atoms. The van der Waals surface area contributed by atoms with E-state index in [0.29, 0.717) is 4.90 Å². The minimum atomic E-state index is -4.80. The fourth-order valence-corrected chi connectivity index (χ4v) is 1.39. The van der Waals surface area contributed by atoms with Crippen LogP contribution in [0.25, 0.3) is 0 Å².